The van der Waals surface area contributed by atoms with Crippen molar-refractivity contribution in [1.29, 1.82) is 5.41 Å². The van der Waals surface area contributed by atoms with Crippen LogP contribution in [0.2, 0.25) is 0 Å². The van der Waals surface area contributed by atoms with Crippen molar-refractivity contribution >= 4 is 32.5 Å². The van der Waals surface area contributed by atoms with Crippen LogP contribution in [0.25, 0.3) is 10.8 Å². The van der Waals surface area contributed by atoms with Gasteiger partial charge in [-0.15, -0.1) is 0 Å². The number of ether oxygens (including phenoxy) is 1. The fourth-order valence-corrected chi connectivity index (χ4v) is 2.57. The van der Waals surface area contributed by atoms with Crippen molar-refractivity contribution in [1.82, 2.24) is 0 Å². The Morgan fingerprint density at radius 3 is 2.43 bits per heavy atom. The van der Waals surface area contributed by atoms with Crippen LogP contribution in [0.5, 0.6) is 11.5 Å². The molecule has 4 heteroatoms. The van der Waals surface area contributed by atoms with Crippen molar-refractivity contribution < 1.29 is 4.74 Å². The smallest absolute Gasteiger partial charge is 0.141 e. The van der Waals surface area contributed by atoms with E-state index in [-0.39, 0.29) is 5.84 Å². The Bertz CT molecular complexity index is 830. The lowest BCUT2D eigenvalue weighted by Gasteiger charge is -2.10. The first-order valence-corrected chi connectivity index (χ1v) is 7.23. The fourth-order valence-electron chi connectivity index (χ4n) is 2.11. The van der Waals surface area contributed by atoms with Gasteiger partial charge in [0.25, 0.3) is 0 Å². The quantitative estimate of drug-likeness (QED) is 0.537. The van der Waals surface area contributed by atoms with E-state index < -0.39 is 0 Å². The second-order valence-corrected chi connectivity index (χ2v) is 5.52. The standard InChI is InChI=1S/C17H13BrN2O/c18-15-10-13(17(19)20)6-8-16(15)21-14-7-5-11-3-1-2-4-12(11)9-14/h1-10H,(H3,19,20). The third-order valence-electron chi connectivity index (χ3n) is 3.19. The van der Waals surface area contributed by atoms with Crippen LogP contribution in [0.3, 0.4) is 0 Å². The van der Waals surface area contributed by atoms with E-state index in [9.17, 15) is 0 Å². The molecule has 0 fully saturated rings. The number of benzene rings is 3. The number of amidine groups is 1. The molecule has 3 N–H and O–H groups in total. The van der Waals surface area contributed by atoms with Gasteiger partial charge in [-0.25, -0.2) is 0 Å². The zero-order valence-corrected chi connectivity index (χ0v) is 12.7. The molecule has 21 heavy (non-hydrogen) atoms. The molecular formula is C17H13BrN2O. The maximum absolute atomic E-state index is 7.43. The number of nitrogens with one attached hydrogen (secondary N) is 1. The molecular weight excluding hydrogens is 328 g/mol. The number of nitrogen functional groups attached to an aromatic ring is 1. The van der Waals surface area contributed by atoms with E-state index in [4.69, 9.17) is 15.9 Å². The number of rotatable bonds is 3. The molecule has 0 saturated carbocycles. The molecule has 0 saturated heterocycles. The average molecular weight is 341 g/mol. The molecule has 0 spiro atoms. The zero-order chi connectivity index (χ0) is 14.8. The second kappa shape index (κ2) is 5.58. The third-order valence-corrected chi connectivity index (χ3v) is 3.81. The monoisotopic (exact) mass is 340 g/mol. The Morgan fingerprint density at radius 2 is 1.71 bits per heavy atom. The summed E-state index contributed by atoms with van der Waals surface area (Å²) in [7, 11) is 0. The van der Waals surface area contributed by atoms with Gasteiger partial charge < -0.3 is 10.5 Å². The summed E-state index contributed by atoms with van der Waals surface area (Å²) in [6, 6.07) is 19.4. The first-order valence-electron chi connectivity index (χ1n) is 6.44. The Balaban J connectivity index is 1.93. The highest BCUT2D eigenvalue weighted by atomic mass is 79.9. The number of halogens is 1. The van der Waals surface area contributed by atoms with Gasteiger partial charge >= 0.3 is 0 Å². The molecule has 0 aromatic heterocycles. The van der Waals surface area contributed by atoms with Crippen LogP contribution in [0, 0.1) is 5.41 Å². The number of hydrogen-bond donors (Lipinski definition) is 2. The van der Waals surface area contributed by atoms with Crippen molar-refractivity contribution in [2.45, 2.75) is 0 Å². The molecule has 3 nitrogen and oxygen atoms in total. The van der Waals surface area contributed by atoms with E-state index in [0.29, 0.717) is 11.3 Å². The highest BCUT2D eigenvalue weighted by molar-refractivity contribution is 9.10. The van der Waals surface area contributed by atoms with Gasteiger partial charge in [-0.2, -0.15) is 0 Å². The molecule has 0 unspecified atom stereocenters. The van der Waals surface area contributed by atoms with Crippen LogP contribution >= 0.6 is 15.9 Å². The summed E-state index contributed by atoms with van der Waals surface area (Å²) in [5, 5.41) is 9.74. The Morgan fingerprint density at radius 1 is 0.952 bits per heavy atom. The van der Waals surface area contributed by atoms with Crippen molar-refractivity contribution in [3.63, 3.8) is 0 Å². The molecule has 0 heterocycles. The fraction of sp³-hybridized carbons (Fsp3) is 0. The lowest BCUT2D eigenvalue weighted by Crippen LogP contribution is -2.10. The Labute approximate surface area is 131 Å². The van der Waals surface area contributed by atoms with E-state index in [1.165, 1.54) is 5.39 Å². The predicted molar refractivity (Wildman–Crippen MR) is 89.2 cm³/mol. The van der Waals surface area contributed by atoms with Crippen LogP contribution in [-0.2, 0) is 0 Å². The van der Waals surface area contributed by atoms with Gasteiger partial charge in [0.05, 0.1) is 4.47 Å². The van der Waals surface area contributed by atoms with E-state index in [1.807, 2.05) is 30.3 Å². The number of nitrogens with two attached hydrogens (primary N) is 1. The topological polar surface area (TPSA) is 59.1 Å². The number of hydrogen-bond acceptors (Lipinski definition) is 2. The first kappa shape index (κ1) is 13.6. The highest BCUT2D eigenvalue weighted by Gasteiger charge is 2.06. The lowest BCUT2D eigenvalue weighted by atomic mass is 10.1. The van der Waals surface area contributed by atoms with Crippen LogP contribution in [0.15, 0.2) is 65.1 Å². The van der Waals surface area contributed by atoms with Gasteiger partial charge in [0.1, 0.15) is 17.3 Å². The van der Waals surface area contributed by atoms with Crippen molar-refractivity contribution in [2.75, 3.05) is 0 Å². The summed E-state index contributed by atoms with van der Waals surface area (Å²) in [5.41, 5.74) is 6.13. The second-order valence-electron chi connectivity index (χ2n) is 4.67. The molecule has 3 aromatic carbocycles. The van der Waals surface area contributed by atoms with Crippen LogP contribution in [0.4, 0.5) is 0 Å². The van der Waals surface area contributed by atoms with Crippen molar-refractivity contribution in [2.24, 2.45) is 5.73 Å². The molecule has 0 amide bonds. The average Bonchev–Trinajstić information content (AvgIpc) is 2.49. The van der Waals surface area contributed by atoms with Gasteiger partial charge in [-0.1, -0.05) is 30.3 Å². The zero-order valence-electron chi connectivity index (χ0n) is 11.1. The van der Waals surface area contributed by atoms with Gasteiger partial charge in [-0.05, 0) is 57.0 Å². The largest absolute Gasteiger partial charge is 0.456 e. The van der Waals surface area contributed by atoms with E-state index in [0.717, 1.165) is 15.6 Å². The van der Waals surface area contributed by atoms with Crippen molar-refractivity contribution in [3.8, 4) is 11.5 Å². The summed E-state index contributed by atoms with van der Waals surface area (Å²) < 4.78 is 6.66. The Kier molecular flexibility index (Phi) is 3.62. The summed E-state index contributed by atoms with van der Waals surface area (Å²) in [4.78, 5) is 0. The third kappa shape index (κ3) is 2.90. The lowest BCUT2D eigenvalue weighted by molar-refractivity contribution is 0.480. The first-order chi connectivity index (χ1) is 10.1. The molecule has 0 aliphatic rings. The summed E-state index contributed by atoms with van der Waals surface area (Å²) in [5.74, 6) is 1.49. The molecule has 0 aliphatic heterocycles. The maximum atomic E-state index is 7.43. The molecule has 3 aromatic rings. The molecule has 0 atom stereocenters. The molecule has 104 valence electrons. The highest BCUT2D eigenvalue weighted by Crippen LogP contribution is 2.31. The summed E-state index contributed by atoms with van der Waals surface area (Å²) in [6.07, 6.45) is 0. The van der Waals surface area contributed by atoms with E-state index in [1.54, 1.807) is 18.2 Å². The molecule has 0 bridgehead atoms. The molecule has 3 rings (SSSR count). The molecule has 0 radical (unpaired) electrons. The minimum atomic E-state index is 0.0351. The SMILES string of the molecule is N=C(N)c1ccc(Oc2ccc3ccccc3c2)c(Br)c1. The normalized spacial score (nSPS) is 10.5. The summed E-state index contributed by atoms with van der Waals surface area (Å²) >= 11 is 3.45. The van der Waals surface area contributed by atoms with Gasteiger partial charge in [0.15, 0.2) is 0 Å². The van der Waals surface area contributed by atoms with E-state index >= 15 is 0 Å². The Hall–Kier alpha value is -2.33. The van der Waals surface area contributed by atoms with Crippen LogP contribution < -0.4 is 10.5 Å². The van der Waals surface area contributed by atoms with Crippen LogP contribution in [-0.4, -0.2) is 5.84 Å². The minimum absolute atomic E-state index is 0.0351. The maximum Gasteiger partial charge on any atom is 0.141 e. The number of fused-ring (bicyclic) bond motifs is 1. The van der Waals surface area contributed by atoms with Crippen molar-refractivity contribution in [3.05, 3.63) is 70.7 Å². The van der Waals surface area contributed by atoms with E-state index in [2.05, 4.69) is 28.1 Å². The molecule has 0 aliphatic carbocycles. The minimum Gasteiger partial charge on any atom is -0.456 e. The van der Waals surface area contributed by atoms with Gasteiger partial charge in [-0.3, -0.25) is 5.41 Å². The van der Waals surface area contributed by atoms with Crippen LogP contribution in [0.1, 0.15) is 5.56 Å². The predicted octanol–water partition coefficient (Wildman–Crippen LogP) is 4.68. The van der Waals surface area contributed by atoms with Gasteiger partial charge in [0, 0.05) is 5.56 Å². The summed E-state index contributed by atoms with van der Waals surface area (Å²) in [6.45, 7) is 0. The van der Waals surface area contributed by atoms with Gasteiger partial charge in [0.2, 0.25) is 0 Å².